The normalized spacial score (nSPS) is 11.0. The van der Waals surface area contributed by atoms with Crippen molar-refractivity contribution in [3.63, 3.8) is 0 Å². The molecule has 33 heavy (non-hydrogen) atoms. The molecule has 0 saturated carbocycles. The van der Waals surface area contributed by atoms with Crippen molar-refractivity contribution in [2.45, 2.75) is 13.1 Å². The van der Waals surface area contributed by atoms with Crippen LogP contribution in [0.25, 0.3) is 10.9 Å². The molecule has 1 heterocycles. The summed E-state index contributed by atoms with van der Waals surface area (Å²) < 4.78 is 2.82. The lowest BCUT2D eigenvalue weighted by molar-refractivity contribution is -0.0000151. The molecule has 4 rings (SSSR count). The first-order valence-electron chi connectivity index (χ1n) is 10.6. The number of nitrogens with zero attached hydrogens (tertiary/aromatic N) is 3. The van der Waals surface area contributed by atoms with Gasteiger partial charge in [0.15, 0.2) is 0 Å². The maximum absolute atomic E-state index is 13.1. The third-order valence-electron chi connectivity index (χ3n) is 5.61. The molecule has 0 saturated heterocycles. The van der Waals surface area contributed by atoms with Crippen molar-refractivity contribution in [3.8, 4) is 6.07 Å². The highest BCUT2D eigenvalue weighted by Gasteiger charge is 2.16. The fraction of sp³-hybridized carbons (Fsp3) is 0.185. The van der Waals surface area contributed by atoms with Gasteiger partial charge in [-0.2, -0.15) is 5.26 Å². The molecular formula is C27H27IN4O. The highest BCUT2D eigenvalue weighted by Crippen LogP contribution is 2.23. The van der Waals surface area contributed by atoms with Gasteiger partial charge in [0.2, 0.25) is 0 Å². The van der Waals surface area contributed by atoms with Gasteiger partial charge in [-0.05, 0) is 41.5 Å². The average Bonchev–Trinajstić information content (AvgIpc) is 3.16. The number of benzene rings is 3. The number of amides is 1. The van der Waals surface area contributed by atoms with Crippen LogP contribution in [-0.2, 0) is 13.1 Å². The van der Waals surface area contributed by atoms with Crippen LogP contribution < -0.4 is 33.8 Å². The number of rotatable bonds is 6. The van der Waals surface area contributed by atoms with Gasteiger partial charge in [0.05, 0.1) is 38.3 Å². The molecule has 0 fully saturated rings. The molecule has 1 N–H and O–H groups in total. The van der Waals surface area contributed by atoms with Crippen molar-refractivity contribution >= 4 is 22.5 Å². The van der Waals surface area contributed by atoms with E-state index in [0.717, 1.165) is 26.5 Å². The van der Waals surface area contributed by atoms with E-state index in [2.05, 4.69) is 61.4 Å². The van der Waals surface area contributed by atoms with Gasteiger partial charge < -0.3 is 33.9 Å². The molecule has 1 aromatic heterocycles. The standard InChI is InChI=1S/C27H26N4O.HI/c1-31(2,3)23-13-11-20(12-14-23)17-29-27(32)25-19-30(26-10-5-4-9-24(25)26)18-22-8-6-7-21(15-22)16-28;/h4-15,19H,17-18H2,1-3H3;1H. The summed E-state index contributed by atoms with van der Waals surface area (Å²) in [4.78, 5) is 13.1. The number of nitrogens with one attached hydrogen (secondary N) is 1. The number of quaternary nitrogens is 1. The van der Waals surface area contributed by atoms with E-state index in [1.807, 2.05) is 48.7 Å². The molecular weight excluding hydrogens is 523 g/mol. The minimum atomic E-state index is -0.0959. The van der Waals surface area contributed by atoms with E-state index < -0.39 is 0 Å². The van der Waals surface area contributed by atoms with Crippen LogP contribution in [-0.4, -0.2) is 31.6 Å². The lowest BCUT2D eigenvalue weighted by Gasteiger charge is -2.23. The third kappa shape index (κ3) is 5.62. The molecule has 0 aliphatic carbocycles. The Kier molecular flexibility index (Phi) is 7.57. The highest BCUT2D eigenvalue weighted by molar-refractivity contribution is 6.07. The summed E-state index contributed by atoms with van der Waals surface area (Å²) >= 11 is 0. The number of fused-ring (bicyclic) bond motifs is 1. The van der Waals surface area contributed by atoms with Crippen molar-refractivity contribution in [2.75, 3.05) is 21.1 Å². The molecule has 0 spiro atoms. The molecule has 4 aromatic rings. The fourth-order valence-electron chi connectivity index (χ4n) is 3.83. The van der Waals surface area contributed by atoms with Crippen molar-refractivity contribution in [3.05, 3.63) is 101 Å². The summed E-state index contributed by atoms with van der Waals surface area (Å²) in [6.07, 6.45) is 1.90. The number of halogens is 1. The van der Waals surface area contributed by atoms with Crippen LogP contribution in [0.3, 0.4) is 0 Å². The first-order valence-corrected chi connectivity index (χ1v) is 10.6. The maximum Gasteiger partial charge on any atom is 0.253 e. The Morgan fingerprint density at radius 1 is 0.970 bits per heavy atom. The second kappa shape index (κ2) is 10.2. The number of aromatic nitrogens is 1. The number of hydrogen-bond donors (Lipinski definition) is 1. The zero-order chi connectivity index (χ0) is 22.7. The maximum atomic E-state index is 13.1. The van der Waals surface area contributed by atoms with Crippen LogP contribution in [0.4, 0.5) is 5.69 Å². The van der Waals surface area contributed by atoms with E-state index in [4.69, 9.17) is 0 Å². The Labute approximate surface area is 211 Å². The average molecular weight is 550 g/mol. The van der Waals surface area contributed by atoms with Crippen molar-refractivity contribution < 1.29 is 28.8 Å². The van der Waals surface area contributed by atoms with Gasteiger partial charge in [0.1, 0.15) is 5.69 Å². The highest BCUT2D eigenvalue weighted by atomic mass is 127. The van der Waals surface area contributed by atoms with E-state index in [-0.39, 0.29) is 29.9 Å². The Balaban J connectivity index is 0.00000306. The summed E-state index contributed by atoms with van der Waals surface area (Å²) in [5.41, 5.74) is 5.57. The molecule has 0 radical (unpaired) electrons. The Bertz CT molecular complexity index is 1310. The molecule has 3 aromatic carbocycles. The first-order chi connectivity index (χ1) is 15.3. The second-order valence-electron chi connectivity index (χ2n) is 8.86. The van der Waals surface area contributed by atoms with Gasteiger partial charge in [0, 0.05) is 30.2 Å². The van der Waals surface area contributed by atoms with Gasteiger partial charge in [-0.3, -0.25) is 9.28 Å². The summed E-state index contributed by atoms with van der Waals surface area (Å²) in [5.74, 6) is -0.0959. The first kappa shape index (κ1) is 24.5. The van der Waals surface area contributed by atoms with Gasteiger partial charge in [-0.1, -0.05) is 42.5 Å². The Hall–Kier alpha value is -3.15. The minimum Gasteiger partial charge on any atom is -1.00 e. The SMILES string of the molecule is C[N+](C)(C)c1ccc(CNC(=O)c2cn(Cc3cccc(C#N)c3)c3ccccc23)cc1.[I-]. The quantitative estimate of drug-likeness (QED) is 0.294. The van der Waals surface area contributed by atoms with E-state index in [9.17, 15) is 10.1 Å². The monoisotopic (exact) mass is 550 g/mol. The van der Waals surface area contributed by atoms with E-state index in [0.29, 0.717) is 24.2 Å². The predicted octanol–water partition coefficient (Wildman–Crippen LogP) is 1.69. The zero-order valence-electron chi connectivity index (χ0n) is 19.0. The molecule has 6 heteroatoms. The number of carbonyl (C=O) groups is 1. The van der Waals surface area contributed by atoms with Crippen molar-refractivity contribution in [1.82, 2.24) is 14.4 Å². The lowest BCUT2D eigenvalue weighted by Crippen LogP contribution is -3.00. The molecule has 0 aliphatic rings. The predicted molar refractivity (Wildman–Crippen MR) is 129 cm³/mol. The molecule has 1 amide bonds. The zero-order valence-corrected chi connectivity index (χ0v) is 21.2. The van der Waals surface area contributed by atoms with E-state index in [1.165, 1.54) is 5.69 Å². The Morgan fingerprint density at radius 2 is 1.70 bits per heavy atom. The van der Waals surface area contributed by atoms with Gasteiger partial charge in [-0.15, -0.1) is 0 Å². The number of nitriles is 1. The molecule has 0 unspecified atom stereocenters. The number of hydrogen-bond acceptors (Lipinski definition) is 2. The van der Waals surface area contributed by atoms with Gasteiger partial charge in [-0.25, -0.2) is 0 Å². The summed E-state index contributed by atoms with van der Waals surface area (Å²) in [7, 11) is 6.38. The van der Waals surface area contributed by atoms with Crippen LogP contribution in [0.5, 0.6) is 0 Å². The fourth-order valence-corrected chi connectivity index (χ4v) is 3.83. The van der Waals surface area contributed by atoms with E-state index in [1.54, 1.807) is 6.07 Å². The summed E-state index contributed by atoms with van der Waals surface area (Å²) in [5, 5.41) is 13.2. The third-order valence-corrected chi connectivity index (χ3v) is 5.61. The van der Waals surface area contributed by atoms with Crippen LogP contribution in [0.2, 0.25) is 0 Å². The lowest BCUT2D eigenvalue weighted by atomic mass is 10.1. The minimum absolute atomic E-state index is 0. The van der Waals surface area contributed by atoms with Gasteiger partial charge >= 0.3 is 0 Å². The smallest absolute Gasteiger partial charge is 0.253 e. The van der Waals surface area contributed by atoms with E-state index >= 15 is 0 Å². The largest absolute Gasteiger partial charge is 1.00 e. The van der Waals surface area contributed by atoms with Crippen LogP contribution >= 0.6 is 0 Å². The van der Waals surface area contributed by atoms with Crippen LogP contribution in [0.1, 0.15) is 27.0 Å². The summed E-state index contributed by atoms with van der Waals surface area (Å²) in [6.45, 7) is 1.07. The summed E-state index contributed by atoms with van der Waals surface area (Å²) in [6, 6.07) is 26.0. The number of carbonyl (C=O) groups excluding carboxylic acids is 1. The number of para-hydroxylation sites is 1. The molecule has 0 bridgehead atoms. The topological polar surface area (TPSA) is 57.8 Å². The Morgan fingerprint density at radius 3 is 2.39 bits per heavy atom. The molecule has 0 aliphatic heterocycles. The molecule has 5 nitrogen and oxygen atoms in total. The van der Waals surface area contributed by atoms with Gasteiger partial charge in [0.25, 0.3) is 5.91 Å². The molecule has 0 atom stereocenters. The van der Waals surface area contributed by atoms with Crippen LogP contribution in [0, 0.1) is 11.3 Å². The molecule has 168 valence electrons. The second-order valence-corrected chi connectivity index (χ2v) is 8.86. The van der Waals surface area contributed by atoms with Crippen molar-refractivity contribution in [2.24, 2.45) is 0 Å². The van der Waals surface area contributed by atoms with Crippen LogP contribution in [0.15, 0.2) is 79.0 Å². The van der Waals surface area contributed by atoms with Crippen molar-refractivity contribution in [1.29, 1.82) is 5.26 Å².